The van der Waals surface area contributed by atoms with E-state index in [2.05, 4.69) is 10.1 Å². The predicted octanol–water partition coefficient (Wildman–Crippen LogP) is 2.65. The zero-order valence-corrected chi connectivity index (χ0v) is 13.4. The fourth-order valence-corrected chi connectivity index (χ4v) is 1.91. The molecule has 0 unspecified atom stereocenters. The molecule has 6 heteroatoms. The Labute approximate surface area is 140 Å². The Morgan fingerprint density at radius 2 is 1.58 bits per heavy atom. The number of nitrogens with one attached hydrogen (secondary N) is 1. The van der Waals surface area contributed by atoms with E-state index in [1.54, 1.807) is 24.3 Å². The van der Waals surface area contributed by atoms with Crippen molar-refractivity contribution < 1.29 is 23.8 Å². The SMILES string of the molecule is COC(=O)CC(=O)Nc1cccc(OCCOc2ccccc2)c1. The number of esters is 1. The van der Waals surface area contributed by atoms with Crippen LogP contribution in [-0.2, 0) is 14.3 Å². The van der Waals surface area contributed by atoms with Gasteiger partial charge in [0, 0.05) is 11.8 Å². The second kappa shape index (κ2) is 9.19. The number of anilines is 1. The lowest BCUT2D eigenvalue weighted by atomic mass is 10.3. The van der Waals surface area contributed by atoms with Gasteiger partial charge in [0.2, 0.25) is 5.91 Å². The molecule has 0 spiro atoms. The minimum absolute atomic E-state index is 0.327. The number of carbonyl (C=O) groups is 2. The Morgan fingerprint density at radius 1 is 0.917 bits per heavy atom. The van der Waals surface area contributed by atoms with E-state index in [4.69, 9.17) is 9.47 Å². The Hall–Kier alpha value is -3.02. The fraction of sp³-hybridized carbons (Fsp3) is 0.222. The first-order chi connectivity index (χ1) is 11.7. The number of hydrogen-bond acceptors (Lipinski definition) is 5. The molecular formula is C18H19NO5. The fourth-order valence-electron chi connectivity index (χ4n) is 1.91. The maximum Gasteiger partial charge on any atom is 0.315 e. The molecule has 0 aliphatic carbocycles. The first-order valence-electron chi connectivity index (χ1n) is 7.45. The third-order valence-electron chi connectivity index (χ3n) is 3.01. The molecule has 1 amide bonds. The molecule has 2 aromatic rings. The van der Waals surface area contributed by atoms with E-state index in [1.807, 2.05) is 30.3 Å². The second-order valence-electron chi connectivity index (χ2n) is 4.84. The van der Waals surface area contributed by atoms with E-state index in [9.17, 15) is 9.59 Å². The molecule has 0 saturated carbocycles. The zero-order chi connectivity index (χ0) is 17.2. The molecular weight excluding hydrogens is 310 g/mol. The van der Waals surface area contributed by atoms with Crippen molar-refractivity contribution in [1.29, 1.82) is 0 Å². The van der Waals surface area contributed by atoms with Gasteiger partial charge in [-0.1, -0.05) is 24.3 Å². The predicted molar refractivity (Wildman–Crippen MR) is 89.1 cm³/mol. The van der Waals surface area contributed by atoms with Crippen LogP contribution in [0.4, 0.5) is 5.69 Å². The van der Waals surface area contributed by atoms with Gasteiger partial charge < -0.3 is 19.5 Å². The summed E-state index contributed by atoms with van der Waals surface area (Å²) < 4.78 is 15.6. The van der Waals surface area contributed by atoms with E-state index in [1.165, 1.54) is 7.11 Å². The molecule has 0 aliphatic rings. The average molecular weight is 329 g/mol. The molecule has 126 valence electrons. The average Bonchev–Trinajstić information content (AvgIpc) is 2.60. The van der Waals surface area contributed by atoms with Crippen LogP contribution in [0.2, 0.25) is 0 Å². The van der Waals surface area contributed by atoms with Crippen molar-refractivity contribution >= 4 is 17.6 Å². The summed E-state index contributed by atoms with van der Waals surface area (Å²) in [6, 6.07) is 16.4. The molecule has 0 heterocycles. The Bertz CT molecular complexity index is 672. The van der Waals surface area contributed by atoms with Gasteiger partial charge in [0.25, 0.3) is 0 Å². The molecule has 1 N–H and O–H groups in total. The van der Waals surface area contributed by atoms with Crippen molar-refractivity contribution in [2.45, 2.75) is 6.42 Å². The van der Waals surface area contributed by atoms with Crippen molar-refractivity contribution in [2.24, 2.45) is 0 Å². The van der Waals surface area contributed by atoms with Crippen molar-refractivity contribution in [3.63, 3.8) is 0 Å². The van der Waals surface area contributed by atoms with Gasteiger partial charge in [0.1, 0.15) is 31.1 Å². The molecule has 6 nitrogen and oxygen atoms in total. The number of para-hydroxylation sites is 1. The van der Waals surface area contributed by atoms with Crippen LogP contribution >= 0.6 is 0 Å². The van der Waals surface area contributed by atoms with Crippen LogP contribution in [0.15, 0.2) is 54.6 Å². The van der Waals surface area contributed by atoms with Gasteiger partial charge >= 0.3 is 5.97 Å². The minimum Gasteiger partial charge on any atom is -0.490 e. The highest BCUT2D eigenvalue weighted by molar-refractivity contribution is 6.01. The largest absolute Gasteiger partial charge is 0.490 e. The molecule has 2 rings (SSSR count). The number of rotatable bonds is 8. The Morgan fingerprint density at radius 3 is 2.29 bits per heavy atom. The summed E-state index contributed by atoms with van der Waals surface area (Å²) in [5.74, 6) is 0.358. The quantitative estimate of drug-likeness (QED) is 0.458. The highest BCUT2D eigenvalue weighted by atomic mass is 16.5. The van der Waals surface area contributed by atoms with Gasteiger partial charge in [-0.15, -0.1) is 0 Å². The summed E-state index contributed by atoms with van der Waals surface area (Å²) in [5, 5.41) is 2.61. The second-order valence-corrected chi connectivity index (χ2v) is 4.84. The van der Waals surface area contributed by atoms with Gasteiger partial charge in [0.15, 0.2) is 0 Å². The normalized spacial score (nSPS) is 9.88. The van der Waals surface area contributed by atoms with Crippen molar-refractivity contribution in [2.75, 3.05) is 25.6 Å². The third kappa shape index (κ3) is 6.00. The number of amides is 1. The van der Waals surface area contributed by atoms with Crippen LogP contribution in [0.1, 0.15) is 6.42 Å². The molecule has 0 aromatic heterocycles. The lowest BCUT2D eigenvalue weighted by molar-refractivity contribution is -0.142. The lowest BCUT2D eigenvalue weighted by Gasteiger charge is -2.10. The van der Waals surface area contributed by atoms with Crippen molar-refractivity contribution in [3.05, 3.63) is 54.6 Å². The van der Waals surface area contributed by atoms with Gasteiger partial charge in [-0.25, -0.2) is 0 Å². The van der Waals surface area contributed by atoms with Crippen molar-refractivity contribution in [1.82, 2.24) is 0 Å². The molecule has 0 saturated heterocycles. The summed E-state index contributed by atoms with van der Waals surface area (Å²) in [6.07, 6.45) is -0.327. The Kier molecular flexibility index (Phi) is 6.64. The summed E-state index contributed by atoms with van der Waals surface area (Å²) in [6.45, 7) is 0.775. The van der Waals surface area contributed by atoms with E-state index in [0.29, 0.717) is 24.7 Å². The topological polar surface area (TPSA) is 73.9 Å². The van der Waals surface area contributed by atoms with Crippen LogP contribution in [-0.4, -0.2) is 32.2 Å². The first-order valence-corrected chi connectivity index (χ1v) is 7.45. The van der Waals surface area contributed by atoms with Crippen LogP contribution in [0.3, 0.4) is 0 Å². The van der Waals surface area contributed by atoms with E-state index in [-0.39, 0.29) is 6.42 Å². The molecule has 0 fully saturated rings. The highest BCUT2D eigenvalue weighted by Crippen LogP contribution is 2.17. The zero-order valence-electron chi connectivity index (χ0n) is 13.4. The number of carbonyl (C=O) groups excluding carboxylic acids is 2. The molecule has 0 aliphatic heterocycles. The number of methoxy groups -OCH3 is 1. The summed E-state index contributed by atoms with van der Waals surface area (Å²) in [7, 11) is 1.24. The van der Waals surface area contributed by atoms with Crippen LogP contribution in [0, 0.1) is 0 Å². The molecule has 2 aromatic carbocycles. The van der Waals surface area contributed by atoms with Crippen LogP contribution in [0.25, 0.3) is 0 Å². The maximum absolute atomic E-state index is 11.6. The monoisotopic (exact) mass is 329 g/mol. The van der Waals surface area contributed by atoms with Crippen molar-refractivity contribution in [3.8, 4) is 11.5 Å². The standard InChI is InChI=1S/C18H19NO5/c1-22-18(21)13-17(20)19-14-6-5-9-16(12-14)24-11-10-23-15-7-3-2-4-8-15/h2-9,12H,10-11,13H2,1H3,(H,19,20). The van der Waals surface area contributed by atoms with E-state index < -0.39 is 11.9 Å². The third-order valence-corrected chi connectivity index (χ3v) is 3.01. The van der Waals surface area contributed by atoms with Gasteiger partial charge in [-0.2, -0.15) is 0 Å². The summed E-state index contributed by atoms with van der Waals surface area (Å²) >= 11 is 0. The maximum atomic E-state index is 11.6. The van der Waals surface area contributed by atoms with Crippen LogP contribution in [0.5, 0.6) is 11.5 Å². The smallest absolute Gasteiger partial charge is 0.315 e. The van der Waals surface area contributed by atoms with Gasteiger partial charge in [0.05, 0.1) is 7.11 Å². The molecule has 24 heavy (non-hydrogen) atoms. The minimum atomic E-state index is -0.585. The molecule has 0 radical (unpaired) electrons. The number of ether oxygens (including phenoxy) is 3. The summed E-state index contributed by atoms with van der Waals surface area (Å²) in [5.41, 5.74) is 0.547. The number of benzene rings is 2. The molecule has 0 atom stereocenters. The van der Waals surface area contributed by atoms with E-state index >= 15 is 0 Å². The first kappa shape index (κ1) is 17.3. The number of hydrogen-bond donors (Lipinski definition) is 1. The summed E-state index contributed by atoms with van der Waals surface area (Å²) in [4.78, 5) is 22.7. The van der Waals surface area contributed by atoms with Gasteiger partial charge in [-0.05, 0) is 24.3 Å². The Balaban J connectivity index is 1.77. The highest BCUT2D eigenvalue weighted by Gasteiger charge is 2.09. The van der Waals surface area contributed by atoms with Gasteiger partial charge in [-0.3, -0.25) is 9.59 Å². The van der Waals surface area contributed by atoms with E-state index in [0.717, 1.165) is 5.75 Å². The van der Waals surface area contributed by atoms with Crippen LogP contribution < -0.4 is 14.8 Å². The molecule has 0 bridgehead atoms. The lowest BCUT2D eigenvalue weighted by Crippen LogP contribution is -2.17.